The number of anilines is 1. The number of rotatable bonds is 3. The van der Waals surface area contributed by atoms with Crippen LogP contribution in [0.4, 0.5) is 5.95 Å². The number of furan rings is 1. The molecule has 2 aromatic rings. The van der Waals surface area contributed by atoms with E-state index in [1.807, 2.05) is 26.1 Å². The lowest BCUT2D eigenvalue weighted by Gasteiger charge is -1.98. The average Bonchev–Trinajstić information content (AvgIpc) is 2.74. The zero-order chi connectivity index (χ0) is 10.8. The van der Waals surface area contributed by atoms with E-state index in [1.54, 1.807) is 16.3 Å². The topological polar surface area (TPSA) is 69.9 Å². The molecule has 5 nitrogen and oxygen atoms in total. The summed E-state index contributed by atoms with van der Waals surface area (Å²) < 4.78 is 7.19. The summed E-state index contributed by atoms with van der Waals surface area (Å²) in [6.45, 7) is 1.93. The third-order valence-corrected chi connectivity index (χ3v) is 3.05. The van der Waals surface area contributed by atoms with Gasteiger partial charge in [-0.25, -0.2) is 0 Å². The van der Waals surface area contributed by atoms with Crippen LogP contribution >= 0.6 is 11.8 Å². The second-order valence-corrected chi connectivity index (χ2v) is 4.14. The number of thioether (sulfide) groups is 1. The van der Waals surface area contributed by atoms with Crippen molar-refractivity contribution in [3.63, 3.8) is 0 Å². The highest BCUT2D eigenvalue weighted by Gasteiger charge is 2.07. The molecule has 0 aliphatic carbocycles. The second kappa shape index (κ2) is 3.98. The quantitative estimate of drug-likeness (QED) is 0.802. The molecule has 0 spiro atoms. The molecular formula is C9H12N4OS. The minimum Gasteiger partial charge on any atom is -0.465 e. The number of nitrogens with zero attached hydrogens (tertiary/aromatic N) is 3. The number of hydrogen-bond acceptors (Lipinski definition) is 5. The van der Waals surface area contributed by atoms with Crippen LogP contribution in [0.25, 0.3) is 0 Å². The van der Waals surface area contributed by atoms with Gasteiger partial charge in [-0.15, -0.1) is 10.2 Å². The van der Waals surface area contributed by atoms with Crippen LogP contribution in [0.15, 0.2) is 21.7 Å². The molecule has 0 saturated carbocycles. The number of nitrogens with two attached hydrogens (primary N) is 1. The van der Waals surface area contributed by atoms with Crippen molar-refractivity contribution in [3.05, 3.63) is 23.7 Å². The van der Waals surface area contributed by atoms with Crippen molar-refractivity contribution >= 4 is 17.7 Å². The highest BCUT2D eigenvalue weighted by atomic mass is 32.2. The molecule has 0 atom stereocenters. The predicted molar refractivity (Wildman–Crippen MR) is 58.4 cm³/mol. The fourth-order valence-electron chi connectivity index (χ4n) is 1.15. The molecule has 6 heteroatoms. The molecule has 80 valence electrons. The van der Waals surface area contributed by atoms with Crippen LogP contribution in [0.5, 0.6) is 0 Å². The Labute approximate surface area is 91.7 Å². The van der Waals surface area contributed by atoms with E-state index in [9.17, 15) is 0 Å². The number of aromatic nitrogens is 3. The maximum Gasteiger partial charge on any atom is 0.222 e. The Kier molecular flexibility index (Phi) is 2.68. The van der Waals surface area contributed by atoms with Gasteiger partial charge >= 0.3 is 0 Å². The van der Waals surface area contributed by atoms with Crippen LogP contribution < -0.4 is 5.73 Å². The molecule has 0 unspecified atom stereocenters. The predicted octanol–water partition coefficient (Wildman–Crippen LogP) is 1.59. The summed E-state index contributed by atoms with van der Waals surface area (Å²) in [6, 6.07) is 3.91. The zero-order valence-corrected chi connectivity index (χ0v) is 9.41. The number of nitrogen functional groups attached to an aromatic ring is 1. The third-order valence-electron chi connectivity index (χ3n) is 2.01. The van der Waals surface area contributed by atoms with Crippen LogP contribution in [0.1, 0.15) is 11.5 Å². The van der Waals surface area contributed by atoms with E-state index in [0.29, 0.717) is 5.95 Å². The Bertz CT molecular complexity index is 462. The van der Waals surface area contributed by atoms with E-state index in [0.717, 1.165) is 22.4 Å². The van der Waals surface area contributed by atoms with Crippen molar-refractivity contribution in [2.24, 2.45) is 7.05 Å². The van der Waals surface area contributed by atoms with Gasteiger partial charge in [0.05, 0.1) is 5.75 Å². The first-order valence-corrected chi connectivity index (χ1v) is 5.48. The van der Waals surface area contributed by atoms with Crippen molar-refractivity contribution < 1.29 is 4.42 Å². The first kappa shape index (κ1) is 10.1. The Morgan fingerprint density at radius 2 is 2.27 bits per heavy atom. The van der Waals surface area contributed by atoms with Gasteiger partial charge in [0, 0.05) is 7.05 Å². The van der Waals surface area contributed by atoms with Crippen molar-refractivity contribution in [2.75, 3.05) is 5.73 Å². The Morgan fingerprint density at radius 3 is 2.80 bits per heavy atom. The molecule has 0 amide bonds. The van der Waals surface area contributed by atoms with Crippen molar-refractivity contribution in [3.8, 4) is 0 Å². The van der Waals surface area contributed by atoms with Gasteiger partial charge in [-0.2, -0.15) is 0 Å². The first-order chi connectivity index (χ1) is 7.16. The smallest absolute Gasteiger partial charge is 0.222 e. The van der Waals surface area contributed by atoms with Crippen LogP contribution in [-0.4, -0.2) is 14.8 Å². The van der Waals surface area contributed by atoms with E-state index < -0.39 is 0 Å². The summed E-state index contributed by atoms with van der Waals surface area (Å²) in [5.41, 5.74) is 5.57. The normalized spacial score (nSPS) is 10.8. The van der Waals surface area contributed by atoms with Crippen molar-refractivity contribution in [2.45, 2.75) is 17.8 Å². The molecule has 0 fully saturated rings. The minimum atomic E-state index is 0.424. The molecule has 0 saturated heterocycles. The maximum absolute atomic E-state index is 5.57. The first-order valence-electron chi connectivity index (χ1n) is 4.50. The van der Waals surface area contributed by atoms with Crippen molar-refractivity contribution in [1.82, 2.24) is 14.8 Å². The molecule has 0 bridgehead atoms. The van der Waals surface area contributed by atoms with Gasteiger partial charge in [0.15, 0.2) is 5.16 Å². The molecule has 0 aromatic carbocycles. The molecule has 2 heterocycles. The SMILES string of the molecule is Cc1ccc(CSc2nnc(N)n2C)o1. The highest BCUT2D eigenvalue weighted by Crippen LogP contribution is 2.22. The molecule has 0 aliphatic heterocycles. The molecule has 2 rings (SSSR count). The van der Waals surface area contributed by atoms with E-state index in [-0.39, 0.29) is 0 Å². The van der Waals surface area contributed by atoms with Gasteiger partial charge in [0.25, 0.3) is 0 Å². The van der Waals surface area contributed by atoms with Crippen LogP contribution in [0.2, 0.25) is 0 Å². The molecule has 2 aromatic heterocycles. The third kappa shape index (κ3) is 2.15. The van der Waals surface area contributed by atoms with E-state index in [4.69, 9.17) is 10.2 Å². The zero-order valence-electron chi connectivity index (χ0n) is 8.60. The lowest BCUT2D eigenvalue weighted by Crippen LogP contribution is -1.97. The standard InChI is InChI=1S/C9H12N4OS/c1-6-3-4-7(14-6)5-15-9-12-11-8(10)13(9)2/h3-4H,5H2,1-2H3,(H2,10,11). The van der Waals surface area contributed by atoms with Crippen LogP contribution in [0.3, 0.4) is 0 Å². The van der Waals surface area contributed by atoms with E-state index in [2.05, 4.69) is 10.2 Å². The summed E-state index contributed by atoms with van der Waals surface area (Å²) in [5.74, 6) is 3.01. The number of hydrogen-bond donors (Lipinski definition) is 1. The summed E-state index contributed by atoms with van der Waals surface area (Å²) in [6.07, 6.45) is 0. The maximum atomic E-state index is 5.57. The van der Waals surface area contributed by atoms with E-state index >= 15 is 0 Å². The molecule has 2 N–H and O–H groups in total. The largest absolute Gasteiger partial charge is 0.465 e. The molecular weight excluding hydrogens is 212 g/mol. The van der Waals surface area contributed by atoms with Crippen LogP contribution in [-0.2, 0) is 12.8 Å². The van der Waals surface area contributed by atoms with Crippen molar-refractivity contribution in [1.29, 1.82) is 0 Å². The van der Waals surface area contributed by atoms with Crippen LogP contribution in [0, 0.1) is 6.92 Å². The summed E-state index contributed by atoms with van der Waals surface area (Å²) in [4.78, 5) is 0. The minimum absolute atomic E-state index is 0.424. The number of aryl methyl sites for hydroxylation is 1. The second-order valence-electron chi connectivity index (χ2n) is 3.20. The average molecular weight is 224 g/mol. The van der Waals surface area contributed by atoms with Gasteiger partial charge in [-0.3, -0.25) is 4.57 Å². The summed E-state index contributed by atoms with van der Waals surface area (Å²) in [5, 5.41) is 8.51. The van der Waals surface area contributed by atoms with Gasteiger partial charge < -0.3 is 10.2 Å². The molecule has 15 heavy (non-hydrogen) atoms. The molecule has 0 radical (unpaired) electrons. The lowest BCUT2D eigenvalue weighted by molar-refractivity contribution is 0.501. The van der Waals surface area contributed by atoms with Gasteiger partial charge in [0.2, 0.25) is 5.95 Å². The summed E-state index contributed by atoms with van der Waals surface area (Å²) in [7, 11) is 1.84. The van der Waals surface area contributed by atoms with Gasteiger partial charge in [-0.05, 0) is 19.1 Å². The fraction of sp³-hybridized carbons (Fsp3) is 0.333. The fourth-order valence-corrected chi connectivity index (χ4v) is 1.96. The Hall–Kier alpha value is -1.43. The monoisotopic (exact) mass is 224 g/mol. The lowest BCUT2D eigenvalue weighted by atomic mass is 10.5. The summed E-state index contributed by atoms with van der Waals surface area (Å²) >= 11 is 1.55. The Balaban J connectivity index is 2.02. The highest BCUT2D eigenvalue weighted by molar-refractivity contribution is 7.98. The van der Waals surface area contributed by atoms with E-state index in [1.165, 1.54) is 0 Å². The van der Waals surface area contributed by atoms with Gasteiger partial charge in [-0.1, -0.05) is 11.8 Å². The molecule has 0 aliphatic rings. The Morgan fingerprint density at radius 1 is 1.47 bits per heavy atom. The van der Waals surface area contributed by atoms with Gasteiger partial charge in [0.1, 0.15) is 11.5 Å².